The van der Waals surface area contributed by atoms with Crippen LogP contribution in [-0.4, -0.2) is 25.2 Å². The third kappa shape index (κ3) is 3.48. The Labute approximate surface area is 102 Å². The standard InChI is InChI=1S/C13H19ClN2/c1-10(16-13-5-6-15-9-13)7-11-3-2-4-12(14)8-11/h2-4,8,10,13,15-16H,5-7,9H2,1H3. The Morgan fingerprint density at radius 1 is 1.56 bits per heavy atom. The lowest BCUT2D eigenvalue weighted by Gasteiger charge is -2.18. The number of rotatable bonds is 4. The third-order valence-electron chi connectivity index (χ3n) is 3.01. The second-order valence-corrected chi connectivity index (χ2v) is 5.03. The third-order valence-corrected chi connectivity index (χ3v) is 3.25. The Morgan fingerprint density at radius 2 is 2.44 bits per heavy atom. The van der Waals surface area contributed by atoms with Crippen LogP contribution in [0.5, 0.6) is 0 Å². The molecule has 0 aliphatic carbocycles. The van der Waals surface area contributed by atoms with Crippen molar-refractivity contribution in [2.24, 2.45) is 0 Å². The van der Waals surface area contributed by atoms with Crippen LogP contribution in [0.3, 0.4) is 0 Å². The maximum absolute atomic E-state index is 5.97. The molecule has 88 valence electrons. The molecule has 1 heterocycles. The summed E-state index contributed by atoms with van der Waals surface area (Å²) >= 11 is 5.97. The van der Waals surface area contributed by atoms with Crippen LogP contribution in [0.25, 0.3) is 0 Å². The van der Waals surface area contributed by atoms with Crippen LogP contribution in [0.4, 0.5) is 0 Å². The molecular formula is C13H19ClN2. The van der Waals surface area contributed by atoms with E-state index in [9.17, 15) is 0 Å². The average molecular weight is 239 g/mol. The Kier molecular flexibility index (Phi) is 4.22. The Morgan fingerprint density at radius 3 is 3.12 bits per heavy atom. The molecule has 1 fully saturated rings. The van der Waals surface area contributed by atoms with E-state index in [1.807, 2.05) is 18.2 Å². The fraction of sp³-hybridized carbons (Fsp3) is 0.538. The fourth-order valence-electron chi connectivity index (χ4n) is 2.28. The van der Waals surface area contributed by atoms with Crippen molar-refractivity contribution in [1.82, 2.24) is 10.6 Å². The topological polar surface area (TPSA) is 24.1 Å². The molecule has 0 aromatic heterocycles. The van der Waals surface area contributed by atoms with Gasteiger partial charge in [-0.15, -0.1) is 0 Å². The summed E-state index contributed by atoms with van der Waals surface area (Å²) in [6.07, 6.45) is 2.27. The SMILES string of the molecule is CC(Cc1cccc(Cl)c1)NC1CCNC1. The molecule has 1 aliphatic heterocycles. The van der Waals surface area contributed by atoms with Crippen LogP contribution in [0.15, 0.2) is 24.3 Å². The molecule has 2 atom stereocenters. The normalized spacial score (nSPS) is 22.2. The van der Waals surface area contributed by atoms with Gasteiger partial charge in [-0.05, 0) is 44.0 Å². The highest BCUT2D eigenvalue weighted by atomic mass is 35.5. The largest absolute Gasteiger partial charge is 0.315 e. The lowest BCUT2D eigenvalue weighted by Crippen LogP contribution is -2.38. The molecule has 0 amide bonds. The second-order valence-electron chi connectivity index (χ2n) is 4.59. The molecule has 1 aromatic carbocycles. The molecule has 1 aromatic rings. The van der Waals surface area contributed by atoms with Crippen molar-refractivity contribution in [2.75, 3.05) is 13.1 Å². The van der Waals surface area contributed by atoms with Crippen molar-refractivity contribution < 1.29 is 0 Å². The highest BCUT2D eigenvalue weighted by molar-refractivity contribution is 6.30. The Balaban J connectivity index is 1.84. The predicted molar refractivity (Wildman–Crippen MR) is 69.0 cm³/mol. The summed E-state index contributed by atoms with van der Waals surface area (Å²) in [6.45, 7) is 4.47. The first kappa shape index (κ1) is 11.9. The van der Waals surface area contributed by atoms with Crippen molar-refractivity contribution in [2.45, 2.75) is 31.8 Å². The van der Waals surface area contributed by atoms with E-state index >= 15 is 0 Å². The van der Waals surface area contributed by atoms with Gasteiger partial charge in [0.15, 0.2) is 0 Å². The summed E-state index contributed by atoms with van der Waals surface area (Å²) in [7, 11) is 0. The molecule has 2 nitrogen and oxygen atoms in total. The molecule has 0 spiro atoms. The van der Waals surface area contributed by atoms with E-state index in [-0.39, 0.29) is 0 Å². The lowest BCUT2D eigenvalue weighted by atomic mass is 10.1. The summed E-state index contributed by atoms with van der Waals surface area (Å²) in [5.41, 5.74) is 1.30. The van der Waals surface area contributed by atoms with Gasteiger partial charge < -0.3 is 10.6 Å². The second kappa shape index (κ2) is 5.67. The van der Waals surface area contributed by atoms with E-state index in [0.29, 0.717) is 12.1 Å². The molecule has 3 heteroatoms. The maximum Gasteiger partial charge on any atom is 0.0408 e. The van der Waals surface area contributed by atoms with Crippen molar-refractivity contribution in [3.63, 3.8) is 0 Å². The Hall–Kier alpha value is -0.570. The van der Waals surface area contributed by atoms with Crippen molar-refractivity contribution in [1.29, 1.82) is 0 Å². The smallest absolute Gasteiger partial charge is 0.0408 e. The minimum Gasteiger partial charge on any atom is -0.315 e. The molecule has 0 radical (unpaired) electrons. The van der Waals surface area contributed by atoms with Gasteiger partial charge >= 0.3 is 0 Å². The van der Waals surface area contributed by atoms with E-state index in [4.69, 9.17) is 11.6 Å². The molecule has 1 saturated heterocycles. The van der Waals surface area contributed by atoms with Gasteiger partial charge in [0.2, 0.25) is 0 Å². The lowest BCUT2D eigenvalue weighted by molar-refractivity contribution is 0.463. The molecule has 2 unspecified atom stereocenters. The zero-order valence-corrected chi connectivity index (χ0v) is 10.4. The first-order valence-corrected chi connectivity index (χ1v) is 6.33. The summed E-state index contributed by atoms with van der Waals surface area (Å²) in [4.78, 5) is 0. The first-order chi connectivity index (χ1) is 7.74. The van der Waals surface area contributed by atoms with E-state index in [1.165, 1.54) is 12.0 Å². The number of benzene rings is 1. The highest BCUT2D eigenvalue weighted by Crippen LogP contribution is 2.12. The Bertz CT molecular complexity index is 334. The number of hydrogen-bond acceptors (Lipinski definition) is 2. The molecule has 2 rings (SSSR count). The van der Waals surface area contributed by atoms with Crippen LogP contribution >= 0.6 is 11.6 Å². The van der Waals surface area contributed by atoms with Crippen molar-refractivity contribution >= 4 is 11.6 Å². The summed E-state index contributed by atoms with van der Waals surface area (Å²) in [5.74, 6) is 0. The van der Waals surface area contributed by atoms with E-state index in [0.717, 1.165) is 24.5 Å². The summed E-state index contributed by atoms with van der Waals surface area (Å²) in [6, 6.07) is 9.26. The summed E-state index contributed by atoms with van der Waals surface area (Å²) in [5, 5.41) is 7.83. The van der Waals surface area contributed by atoms with Gasteiger partial charge in [-0.1, -0.05) is 23.7 Å². The minimum absolute atomic E-state index is 0.503. The average Bonchev–Trinajstić information content (AvgIpc) is 2.70. The van der Waals surface area contributed by atoms with Crippen LogP contribution in [0, 0.1) is 0 Å². The molecule has 1 aliphatic rings. The van der Waals surface area contributed by atoms with Gasteiger partial charge in [0, 0.05) is 23.7 Å². The van der Waals surface area contributed by atoms with Gasteiger partial charge in [0.1, 0.15) is 0 Å². The predicted octanol–water partition coefficient (Wildman–Crippen LogP) is 2.22. The maximum atomic E-state index is 5.97. The molecule has 2 N–H and O–H groups in total. The van der Waals surface area contributed by atoms with Gasteiger partial charge in [-0.2, -0.15) is 0 Å². The molecular weight excluding hydrogens is 220 g/mol. The van der Waals surface area contributed by atoms with E-state index < -0.39 is 0 Å². The zero-order chi connectivity index (χ0) is 11.4. The van der Waals surface area contributed by atoms with E-state index in [1.54, 1.807) is 0 Å². The monoisotopic (exact) mass is 238 g/mol. The number of nitrogens with one attached hydrogen (secondary N) is 2. The van der Waals surface area contributed by atoms with Gasteiger partial charge in [0.05, 0.1) is 0 Å². The van der Waals surface area contributed by atoms with Gasteiger partial charge in [0.25, 0.3) is 0 Å². The van der Waals surface area contributed by atoms with Crippen LogP contribution in [0.2, 0.25) is 5.02 Å². The van der Waals surface area contributed by atoms with E-state index in [2.05, 4.69) is 23.6 Å². The van der Waals surface area contributed by atoms with Gasteiger partial charge in [-0.25, -0.2) is 0 Å². The van der Waals surface area contributed by atoms with Crippen molar-refractivity contribution in [3.05, 3.63) is 34.9 Å². The van der Waals surface area contributed by atoms with Gasteiger partial charge in [-0.3, -0.25) is 0 Å². The minimum atomic E-state index is 0.503. The molecule has 16 heavy (non-hydrogen) atoms. The summed E-state index contributed by atoms with van der Waals surface area (Å²) < 4.78 is 0. The highest BCUT2D eigenvalue weighted by Gasteiger charge is 2.16. The molecule has 0 saturated carbocycles. The quantitative estimate of drug-likeness (QED) is 0.841. The number of halogens is 1. The van der Waals surface area contributed by atoms with Crippen LogP contribution in [0.1, 0.15) is 18.9 Å². The van der Waals surface area contributed by atoms with Crippen LogP contribution in [-0.2, 0) is 6.42 Å². The van der Waals surface area contributed by atoms with Crippen molar-refractivity contribution in [3.8, 4) is 0 Å². The van der Waals surface area contributed by atoms with Crippen LogP contribution < -0.4 is 10.6 Å². The molecule has 0 bridgehead atoms. The first-order valence-electron chi connectivity index (χ1n) is 5.95. The zero-order valence-electron chi connectivity index (χ0n) is 9.67. The fourth-order valence-corrected chi connectivity index (χ4v) is 2.49. The number of hydrogen-bond donors (Lipinski definition) is 2.